The van der Waals surface area contributed by atoms with Gasteiger partial charge in [-0.05, 0) is 29.7 Å². The Kier molecular flexibility index (Phi) is 3.68. The van der Waals surface area contributed by atoms with Crippen molar-refractivity contribution in [1.82, 2.24) is 0 Å². The van der Waals surface area contributed by atoms with Crippen LogP contribution in [0.2, 0.25) is 0 Å². The summed E-state index contributed by atoms with van der Waals surface area (Å²) in [5, 5.41) is 0. The third-order valence-corrected chi connectivity index (χ3v) is 4.21. The maximum Gasteiger partial charge on any atom is 0.253 e. The van der Waals surface area contributed by atoms with Crippen LogP contribution in [0.1, 0.15) is 21.5 Å². The second kappa shape index (κ2) is 5.48. The molecule has 0 aliphatic carbocycles. The molecule has 108 valence electrons. The number of carbonyl (C=O) groups excluding carboxylic acids is 1. The third kappa shape index (κ3) is 2.65. The predicted octanol–water partition coefficient (Wildman–Crippen LogP) is 3.25. The molecule has 0 atom stereocenters. The topological polar surface area (TPSA) is 46.3 Å². The Morgan fingerprint density at radius 1 is 1.24 bits per heavy atom. The van der Waals surface area contributed by atoms with Crippen LogP contribution in [0.25, 0.3) is 0 Å². The molecule has 1 aliphatic rings. The van der Waals surface area contributed by atoms with Gasteiger partial charge < -0.3 is 10.6 Å². The van der Waals surface area contributed by atoms with Crippen LogP contribution in [0.15, 0.2) is 40.9 Å². The van der Waals surface area contributed by atoms with E-state index in [9.17, 15) is 9.18 Å². The van der Waals surface area contributed by atoms with Crippen molar-refractivity contribution in [3.63, 3.8) is 0 Å². The normalized spacial score (nSPS) is 13.9. The zero-order chi connectivity index (χ0) is 15.0. The molecule has 2 N–H and O–H groups in total. The van der Waals surface area contributed by atoms with E-state index in [1.54, 1.807) is 6.07 Å². The van der Waals surface area contributed by atoms with Crippen molar-refractivity contribution in [1.29, 1.82) is 0 Å². The quantitative estimate of drug-likeness (QED) is 0.905. The van der Waals surface area contributed by atoms with E-state index in [1.165, 1.54) is 17.2 Å². The van der Waals surface area contributed by atoms with Crippen LogP contribution in [-0.4, -0.2) is 12.5 Å². The fourth-order valence-electron chi connectivity index (χ4n) is 2.75. The standard InChI is InChI=1S/C16H14BrFN2O/c17-12-7-13(18)15(16(19)21)14(8-12)20-6-5-10-3-1-2-4-11(10)9-20/h1-4,7-8H,5-6,9H2,(H2,19,21). The minimum Gasteiger partial charge on any atom is -0.366 e. The highest BCUT2D eigenvalue weighted by Gasteiger charge is 2.23. The van der Waals surface area contributed by atoms with Gasteiger partial charge in [-0.2, -0.15) is 0 Å². The van der Waals surface area contributed by atoms with E-state index in [0.29, 0.717) is 16.7 Å². The smallest absolute Gasteiger partial charge is 0.253 e. The summed E-state index contributed by atoms with van der Waals surface area (Å²) in [5.74, 6) is -1.33. The van der Waals surface area contributed by atoms with Crippen molar-refractivity contribution >= 4 is 27.5 Å². The van der Waals surface area contributed by atoms with Gasteiger partial charge in [0.15, 0.2) is 0 Å². The maximum atomic E-state index is 14.1. The summed E-state index contributed by atoms with van der Waals surface area (Å²) in [6.45, 7) is 1.37. The summed E-state index contributed by atoms with van der Waals surface area (Å²) in [5.41, 5.74) is 8.34. The molecule has 0 unspecified atom stereocenters. The number of primary amides is 1. The van der Waals surface area contributed by atoms with Gasteiger partial charge in [0.25, 0.3) is 5.91 Å². The van der Waals surface area contributed by atoms with Crippen LogP contribution in [0.5, 0.6) is 0 Å². The summed E-state index contributed by atoms with van der Waals surface area (Å²) in [6, 6.07) is 11.2. The summed E-state index contributed by atoms with van der Waals surface area (Å²) in [7, 11) is 0. The minimum atomic E-state index is -0.742. The molecule has 1 heterocycles. The van der Waals surface area contributed by atoms with Crippen molar-refractivity contribution in [3.8, 4) is 0 Å². The summed E-state index contributed by atoms with van der Waals surface area (Å²) in [4.78, 5) is 13.6. The highest BCUT2D eigenvalue weighted by Crippen LogP contribution is 2.31. The number of hydrogen-bond acceptors (Lipinski definition) is 2. The van der Waals surface area contributed by atoms with Gasteiger partial charge >= 0.3 is 0 Å². The number of amides is 1. The van der Waals surface area contributed by atoms with Gasteiger partial charge in [0.1, 0.15) is 5.82 Å². The first-order valence-corrected chi connectivity index (χ1v) is 7.46. The molecule has 0 saturated heterocycles. The van der Waals surface area contributed by atoms with Gasteiger partial charge in [-0.25, -0.2) is 4.39 Å². The van der Waals surface area contributed by atoms with Crippen LogP contribution in [0.3, 0.4) is 0 Å². The second-order valence-corrected chi connectivity index (χ2v) is 6.00. The highest BCUT2D eigenvalue weighted by molar-refractivity contribution is 9.10. The number of benzene rings is 2. The summed E-state index contributed by atoms with van der Waals surface area (Å²) < 4.78 is 14.7. The monoisotopic (exact) mass is 348 g/mol. The van der Waals surface area contributed by atoms with Crippen molar-refractivity contribution in [2.45, 2.75) is 13.0 Å². The maximum absolute atomic E-state index is 14.1. The lowest BCUT2D eigenvalue weighted by Gasteiger charge is -2.32. The van der Waals surface area contributed by atoms with Crippen molar-refractivity contribution in [2.24, 2.45) is 5.73 Å². The molecule has 1 aliphatic heterocycles. The highest BCUT2D eigenvalue weighted by atomic mass is 79.9. The average molecular weight is 349 g/mol. The van der Waals surface area contributed by atoms with Crippen LogP contribution in [0.4, 0.5) is 10.1 Å². The average Bonchev–Trinajstić information content (AvgIpc) is 2.45. The lowest BCUT2D eigenvalue weighted by molar-refractivity contribution is 0.0997. The van der Waals surface area contributed by atoms with Gasteiger partial charge in [-0.3, -0.25) is 4.79 Å². The lowest BCUT2D eigenvalue weighted by atomic mass is 9.98. The Morgan fingerprint density at radius 2 is 1.95 bits per heavy atom. The summed E-state index contributed by atoms with van der Waals surface area (Å²) >= 11 is 3.28. The lowest BCUT2D eigenvalue weighted by Crippen LogP contribution is -2.32. The molecule has 3 rings (SSSR count). The van der Waals surface area contributed by atoms with Crippen LogP contribution in [0, 0.1) is 5.82 Å². The SMILES string of the molecule is NC(=O)c1c(F)cc(Br)cc1N1CCc2ccccc2C1. The Labute approximate surface area is 130 Å². The molecule has 0 saturated carbocycles. The number of halogens is 2. The fourth-order valence-corrected chi connectivity index (χ4v) is 3.17. The Balaban J connectivity index is 2.04. The zero-order valence-electron chi connectivity index (χ0n) is 11.3. The Bertz CT molecular complexity index is 717. The van der Waals surface area contributed by atoms with E-state index >= 15 is 0 Å². The third-order valence-electron chi connectivity index (χ3n) is 3.75. The van der Waals surface area contributed by atoms with Crippen LogP contribution in [-0.2, 0) is 13.0 Å². The van der Waals surface area contributed by atoms with Crippen LogP contribution < -0.4 is 10.6 Å². The number of carbonyl (C=O) groups is 1. The number of hydrogen-bond donors (Lipinski definition) is 1. The molecule has 0 fully saturated rings. The molecule has 2 aromatic carbocycles. The van der Waals surface area contributed by atoms with E-state index in [-0.39, 0.29) is 5.56 Å². The van der Waals surface area contributed by atoms with Gasteiger partial charge in [0, 0.05) is 17.6 Å². The fraction of sp³-hybridized carbons (Fsp3) is 0.188. The molecular weight excluding hydrogens is 335 g/mol. The minimum absolute atomic E-state index is 0.0439. The molecule has 5 heteroatoms. The molecule has 21 heavy (non-hydrogen) atoms. The predicted molar refractivity (Wildman–Crippen MR) is 83.8 cm³/mol. The molecule has 1 amide bonds. The molecule has 0 bridgehead atoms. The number of rotatable bonds is 2. The Hall–Kier alpha value is -1.88. The first-order valence-electron chi connectivity index (χ1n) is 6.67. The summed E-state index contributed by atoms with van der Waals surface area (Å²) in [6.07, 6.45) is 0.864. The van der Waals surface area contributed by atoms with Gasteiger partial charge in [0.05, 0.1) is 11.3 Å². The first-order chi connectivity index (χ1) is 10.1. The van der Waals surface area contributed by atoms with E-state index in [0.717, 1.165) is 13.0 Å². The molecule has 0 spiro atoms. The molecular formula is C16H14BrFN2O. The van der Waals surface area contributed by atoms with E-state index in [1.807, 2.05) is 17.0 Å². The molecule has 2 aromatic rings. The van der Waals surface area contributed by atoms with Crippen molar-refractivity contribution in [3.05, 3.63) is 63.4 Å². The van der Waals surface area contributed by atoms with Crippen LogP contribution >= 0.6 is 15.9 Å². The van der Waals surface area contributed by atoms with Crippen molar-refractivity contribution < 1.29 is 9.18 Å². The number of nitrogens with two attached hydrogens (primary N) is 1. The first kappa shape index (κ1) is 14.1. The van der Waals surface area contributed by atoms with E-state index < -0.39 is 11.7 Å². The Morgan fingerprint density at radius 3 is 2.67 bits per heavy atom. The largest absolute Gasteiger partial charge is 0.366 e. The molecule has 3 nitrogen and oxygen atoms in total. The van der Waals surface area contributed by atoms with E-state index in [4.69, 9.17) is 5.73 Å². The van der Waals surface area contributed by atoms with Gasteiger partial charge in [-0.15, -0.1) is 0 Å². The van der Waals surface area contributed by atoms with E-state index in [2.05, 4.69) is 28.1 Å². The number of fused-ring (bicyclic) bond motifs is 1. The molecule has 0 radical (unpaired) electrons. The number of nitrogens with zero attached hydrogens (tertiary/aromatic N) is 1. The molecule has 0 aromatic heterocycles. The van der Waals surface area contributed by atoms with Crippen molar-refractivity contribution in [2.75, 3.05) is 11.4 Å². The zero-order valence-corrected chi connectivity index (χ0v) is 12.9. The number of anilines is 1. The second-order valence-electron chi connectivity index (χ2n) is 5.09. The van der Waals surface area contributed by atoms with Gasteiger partial charge in [0.2, 0.25) is 0 Å². The van der Waals surface area contributed by atoms with Gasteiger partial charge in [-0.1, -0.05) is 40.2 Å².